The largest absolute Gasteiger partial charge is 0.355 e. The molecule has 0 atom stereocenters. The summed E-state index contributed by atoms with van der Waals surface area (Å²) < 4.78 is 0. The Morgan fingerprint density at radius 1 is 0.441 bits per heavy atom. The van der Waals surface area contributed by atoms with Crippen molar-refractivity contribution < 1.29 is 0 Å². The lowest BCUT2D eigenvalue weighted by Crippen LogP contribution is -2.15. The zero-order chi connectivity index (χ0) is 22.9. The summed E-state index contributed by atoms with van der Waals surface area (Å²) in [5.74, 6) is 0. The van der Waals surface area contributed by atoms with Crippen LogP contribution in [0.1, 0.15) is 25.0 Å². The van der Waals surface area contributed by atoms with Crippen LogP contribution in [0.3, 0.4) is 0 Å². The molecule has 1 nitrogen and oxygen atoms in total. The Balaban J connectivity index is 1.36. The van der Waals surface area contributed by atoms with Crippen molar-refractivity contribution in [2.75, 3.05) is 5.32 Å². The van der Waals surface area contributed by atoms with E-state index in [2.05, 4.69) is 128 Å². The van der Waals surface area contributed by atoms with Crippen molar-refractivity contribution in [2.45, 2.75) is 19.3 Å². The van der Waals surface area contributed by atoms with Gasteiger partial charge in [-0.05, 0) is 78.8 Å². The van der Waals surface area contributed by atoms with Crippen LogP contribution in [-0.2, 0) is 5.41 Å². The molecule has 0 heterocycles. The van der Waals surface area contributed by atoms with Gasteiger partial charge in [0, 0.05) is 16.8 Å². The van der Waals surface area contributed by atoms with Gasteiger partial charge in [0.05, 0.1) is 0 Å². The van der Waals surface area contributed by atoms with Crippen molar-refractivity contribution in [3.8, 4) is 11.1 Å². The molecule has 0 aromatic heterocycles. The van der Waals surface area contributed by atoms with E-state index in [1.807, 2.05) is 0 Å². The van der Waals surface area contributed by atoms with Gasteiger partial charge < -0.3 is 5.32 Å². The van der Waals surface area contributed by atoms with Crippen LogP contribution >= 0.6 is 0 Å². The third kappa shape index (κ3) is 2.67. The van der Waals surface area contributed by atoms with Gasteiger partial charge in [0.2, 0.25) is 0 Å². The van der Waals surface area contributed by atoms with Gasteiger partial charge in [0.25, 0.3) is 0 Å². The average Bonchev–Trinajstić information content (AvgIpc) is 3.11. The normalized spacial score (nSPS) is 13.8. The quantitative estimate of drug-likeness (QED) is 0.267. The molecule has 1 N–H and O–H groups in total. The van der Waals surface area contributed by atoms with E-state index in [0.717, 1.165) is 11.4 Å². The van der Waals surface area contributed by atoms with Crippen LogP contribution < -0.4 is 5.32 Å². The molecule has 6 aromatic rings. The standard InChI is InChI=1S/C33H25N/c1-33(2)31-14-8-7-13-28(31)29-18-16-22(20-32(29)33)34-21-15-17-27-25-11-4-3-9-23(25)24-10-5-6-12-26(24)30(27)19-21/h3-20,34H,1-2H3. The molecule has 0 bridgehead atoms. The lowest BCUT2D eigenvalue weighted by molar-refractivity contribution is 0.660. The first-order valence-corrected chi connectivity index (χ1v) is 12.0. The highest BCUT2D eigenvalue weighted by Crippen LogP contribution is 2.49. The molecule has 0 aliphatic heterocycles. The van der Waals surface area contributed by atoms with E-state index in [1.165, 1.54) is 54.6 Å². The second kappa shape index (κ2) is 6.95. The summed E-state index contributed by atoms with van der Waals surface area (Å²) in [6.07, 6.45) is 0. The molecule has 1 aliphatic carbocycles. The molecule has 34 heavy (non-hydrogen) atoms. The van der Waals surface area contributed by atoms with Gasteiger partial charge in [-0.25, -0.2) is 0 Å². The molecule has 7 rings (SSSR count). The highest BCUT2D eigenvalue weighted by atomic mass is 14.9. The SMILES string of the molecule is CC1(C)c2ccccc2-c2ccc(Nc3ccc4c5ccccc5c5ccccc5c4c3)cc21. The van der Waals surface area contributed by atoms with Crippen molar-refractivity contribution in [3.05, 3.63) is 120 Å². The first-order valence-electron chi connectivity index (χ1n) is 12.0. The average molecular weight is 436 g/mol. The molecule has 1 aliphatic rings. The van der Waals surface area contributed by atoms with Crippen LogP contribution in [-0.4, -0.2) is 0 Å². The summed E-state index contributed by atoms with van der Waals surface area (Å²) in [4.78, 5) is 0. The third-order valence-electron chi connectivity index (χ3n) is 7.62. The molecule has 162 valence electrons. The van der Waals surface area contributed by atoms with E-state index in [-0.39, 0.29) is 5.41 Å². The Morgan fingerprint density at radius 2 is 0.941 bits per heavy atom. The molecule has 0 spiro atoms. The number of nitrogens with one attached hydrogen (secondary N) is 1. The Bertz CT molecular complexity index is 1720. The number of anilines is 2. The minimum absolute atomic E-state index is 0.00210. The fourth-order valence-corrected chi connectivity index (χ4v) is 5.93. The van der Waals surface area contributed by atoms with E-state index >= 15 is 0 Å². The topological polar surface area (TPSA) is 12.0 Å². The minimum Gasteiger partial charge on any atom is -0.355 e. The van der Waals surface area contributed by atoms with Gasteiger partial charge in [0.15, 0.2) is 0 Å². The van der Waals surface area contributed by atoms with Crippen LogP contribution in [0.4, 0.5) is 11.4 Å². The van der Waals surface area contributed by atoms with Crippen LogP contribution in [0.5, 0.6) is 0 Å². The summed E-state index contributed by atoms with van der Waals surface area (Å²) in [6.45, 7) is 4.66. The number of fused-ring (bicyclic) bond motifs is 9. The molecule has 0 saturated carbocycles. The number of rotatable bonds is 2. The zero-order valence-electron chi connectivity index (χ0n) is 19.4. The van der Waals surface area contributed by atoms with Crippen molar-refractivity contribution >= 4 is 43.7 Å². The molecular weight excluding hydrogens is 410 g/mol. The first-order chi connectivity index (χ1) is 16.6. The molecule has 0 fully saturated rings. The van der Waals surface area contributed by atoms with Crippen LogP contribution in [0.2, 0.25) is 0 Å². The van der Waals surface area contributed by atoms with Crippen LogP contribution in [0, 0.1) is 0 Å². The van der Waals surface area contributed by atoms with E-state index in [1.54, 1.807) is 0 Å². The Morgan fingerprint density at radius 3 is 1.65 bits per heavy atom. The number of hydrogen-bond donors (Lipinski definition) is 1. The molecule has 0 saturated heterocycles. The summed E-state index contributed by atoms with van der Waals surface area (Å²) in [6, 6.07) is 39.8. The highest BCUT2D eigenvalue weighted by Gasteiger charge is 2.35. The molecule has 0 radical (unpaired) electrons. The Kier molecular flexibility index (Phi) is 3.96. The first kappa shape index (κ1) is 19.4. The van der Waals surface area contributed by atoms with Crippen LogP contribution in [0.25, 0.3) is 43.4 Å². The lowest BCUT2D eigenvalue weighted by Gasteiger charge is -2.22. The summed E-state index contributed by atoms with van der Waals surface area (Å²) in [5, 5.41) is 11.5. The van der Waals surface area contributed by atoms with Crippen molar-refractivity contribution in [1.29, 1.82) is 0 Å². The van der Waals surface area contributed by atoms with Crippen molar-refractivity contribution in [1.82, 2.24) is 0 Å². The number of benzene rings is 6. The van der Waals surface area contributed by atoms with Gasteiger partial charge in [-0.1, -0.05) is 98.8 Å². The van der Waals surface area contributed by atoms with Gasteiger partial charge in [-0.3, -0.25) is 0 Å². The van der Waals surface area contributed by atoms with Crippen molar-refractivity contribution in [3.63, 3.8) is 0 Å². The second-order valence-electron chi connectivity index (χ2n) is 9.91. The smallest absolute Gasteiger partial charge is 0.0390 e. The fourth-order valence-electron chi connectivity index (χ4n) is 5.93. The van der Waals surface area contributed by atoms with Crippen LogP contribution in [0.15, 0.2) is 109 Å². The molecule has 0 unspecified atom stereocenters. The molecule has 0 amide bonds. The van der Waals surface area contributed by atoms with Gasteiger partial charge in [0.1, 0.15) is 0 Å². The zero-order valence-corrected chi connectivity index (χ0v) is 19.4. The molecule has 1 heteroatoms. The Hall–Kier alpha value is -4.10. The second-order valence-corrected chi connectivity index (χ2v) is 9.91. The predicted octanol–water partition coefficient (Wildman–Crippen LogP) is 9.20. The van der Waals surface area contributed by atoms with Gasteiger partial charge >= 0.3 is 0 Å². The maximum atomic E-state index is 3.70. The number of hydrogen-bond acceptors (Lipinski definition) is 1. The van der Waals surface area contributed by atoms with E-state index in [9.17, 15) is 0 Å². The van der Waals surface area contributed by atoms with E-state index in [0.29, 0.717) is 0 Å². The van der Waals surface area contributed by atoms with E-state index < -0.39 is 0 Å². The summed E-state index contributed by atoms with van der Waals surface area (Å²) in [5.41, 5.74) is 7.75. The highest BCUT2D eigenvalue weighted by molar-refractivity contribution is 6.25. The van der Waals surface area contributed by atoms with Gasteiger partial charge in [-0.15, -0.1) is 0 Å². The summed E-state index contributed by atoms with van der Waals surface area (Å²) >= 11 is 0. The fraction of sp³-hybridized carbons (Fsp3) is 0.0909. The maximum Gasteiger partial charge on any atom is 0.0390 e. The van der Waals surface area contributed by atoms with E-state index in [4.69, 9.17) is 0 Å². The van der Waals surface area contributed by atoms with Crippen molar-refractivity contribution in [2.24, 2.45) is 0 Å². The monoisotopic (exact) mass is 435 g/mol. The third-order valence-corrected chi connectivity index (χ3v) is 7.62. The molecular formula is C33H25N. The maximum absolute atomic E-state index is 3.70. The predicted molar refractivity (Wildman–Crippen MR) is 146 cm³/mol. The lowest BCUT2D eigenvalue weighted by atomic mass is 9.82. The Labute approximate surface area is 199 Å². The van der Waals surface area contributed by atoms with Gasteiger partial charge in [-0.2, -0.15) is 0 Å². The molecule has 6 aromatic carbocycles. The minimum atomic E-state index is 0.00210. The summed E-state index contributed by atoms with van der Waals surface area (Å²) in [7, 11) is 0.